The maximum atomic E-state index is 11.5. The Hall–Kier alpha value is -1.15. The van der Waals surface area contributed by atoms with Crippen molar-refractivity contribution in [1.82, 2.24) is 0 Å². The number of hydrogen-bond donors (Lipinski definition) is 0. The van der Waals surface area contributed by atoms with E-state index in [0.717, 1.165) is 34.6 Å². The van der Waals surface area contributed by atoms with Crippen LogP contribution >= 0.6 is 11.3 Å². The van der Waals surface area contributed by atoms with Gasteiger partial charge in [0, 0.05) is 10.1 Å². The molecule has 1 nitrogen and oxygen atoms in total. The molecule has 0 atom stereocenters. The molecule has 0 aliphatic carbocycles. The summed E-state index contributed by atoms with van der Waals surface area (Å²) in [6.07, 6.45) is 7.23. The molecule has 2 heteroatoms. The summed E-state index contributed by atoms with van der Waals surface area (Å²) in [7, 11) is 0. The summed E-state index contributed by atoms with van der Waals surface area (Å²) in [5, 5.41) is 3.06. The Morgan fingerprint density at radius 1 is 1.56 bits per heavy atom. The van der Waals surface area contributed by atoms with Gasteiger partial charge in [-0.1, -0.05) is 32.4 Å². The highest BCUT2D eigenvalue weighted by atomic mass is 32.1. The number of rotatable bonds is 5. The Bertz CT molecular complexity index is 479. The number of allylic oxidation sites excluding steroid dienone is 2. The van der Waals surface area contributed by atoms with Gasteiger partial charge in [-0.2, -0.15) is 0 Å². The Morgan fingerprint density at radius 2 is 2.31 bits per heavy atom. The molecule has 0 amide bonds. The summed E-state index contributed by atoms with van der Waals surface area (Å²) in [5.41, 5.74) is 0.803. The molecule has 0 saturated carbocycles. The first-order valence-electron chi connectivity index (χ1n) is 5.60. The van der Waals surface area contributed by atoms with Gasteiger partial charge in [-0.3, -0.25) is 4.79 Å². The van der Waals surface area contributed by atoms with Gasteiger partial charge >= 0.3 is 0 Å². The minimum atomic E-state index is 0.127. The first kappa shape index (κ1) is 12.9. The van der Waals surface area contributed by atoms with Crippen LogP contribution in [0.25, 0.3) is 12.7 Å². The van der Waals surface area contributed by atoms with E-state index in [1.165, 1.54) is 0 Å². The second kappa shape index (κ2) is 6.44. The molecule has 0 fully saturated rings. The van der Waals surface area contributed by atoms with Gasteiger partial charge < -0.3 is 0 Å². The zero-order chi connectivity index (χ0) is 12.0. The molecule has 0 unspecified atom stereocenters. The zero-order valence-electron chi connectivity index (χ0n) is 9.95. The minimum Gasteiger partial charge on any atom is -0.295 e. The lowest BCUT2D eigenvalue weighted by Gasteiger charge is -1.96. The van der Waals surface area contributed by atoms with Crippen LogP contribution in [0.3, 0.4) is 0 Å². The molecule has 1 aromatic rings. The predicted molar refractivity (Wildman–Crippen MR) is 71.8 cm³/mol. The molecule has 0 spiro atoms. The van der Waals surface area contributed by atoms with Crippen molar-refractivity contribution in [2.75, 3.05) is 0 Å². The number of hydrogen-bond acceptors (Lipinski definition) is 2. The van der Waals surface area contributed by atoms with Crippen LogP contribution < -0.4 is 9.75 Å². The first-order valence-corrected chi connectivity index (χ1v) is 6.48. The van der Waals surface area contributed by atoms with Gasteiger partial charge in [0.05, 0.1) is 0 Å². The van der Waals surface area contributed by atoms with E-state index in [9.17, 15) is 4.79 Å². The highest BCUT2D eigenvalue weighted by molar-refractivity contribution is 7.07. The molecule has 0 aliphatic heterocycles. The molecule has 86 valence electrons. The Kier molecular flexibility index (Phi) is 5.20. The van der Waals surface area contributed by atoms with Gasteiger partial charge in [0.25, 0.3) is 0 Å². The molecular formula is C14H18OS. The topological polar surface area (TPSA) is 17.1 Å². The molecule has 0 saturated heterocycles. The van der Waals surface area contributed by atoms with Crippen LogP contribution in [-0.2, 0) is 4.79 Å². The normalized spacial score (nSPS) is 13.1. The fraction of sp³-hybridized carbons (Fsp3) is 0.357. The number of thiophene rings is 1. The standard InChI is InChI=1S/C14H18OS/c1-4-5-6-7-13(11(2)15)10-14-8-9-16-12(14)3/h7-10H,3-6H2,1-2H3/b13-7+,14-10-. The number of unbranched alkanes of at least 4 members (excludes halogenated alkanes) is 2. The monoisotopic (exact) mass is 234 g/mol. The van der Waals surface area contributed by atoms with Crippen LogP contribution in [0.2, 0.25) is 0 Å². The summed E-state index contributed by atoms with van der Waals surface area (Å²) >= 11 is 1.61. The second-order valence-corrected chi connectivity index (χ2v) is 4.80. The Balaban J connectivity index is 2.97. The van der Waals surface area contributed by atoms with Gasteiger partial charge in [0.1, 0.15) is 0 Å². The molecule has 0 radical (unpaired) electrons. The Morgan fingerprint density at radius 3 is 2.81 bits per heavy atom. The lowest BCUT2D eigenvalue weighted by molar-refractivity contribution is -0.113. The van der Waals surface area contributed by atoms with E-state index >= 15 is 0 Å². The van der Waals surface area contributed by atoms with Gasteiger partial charge in [-0.25, -0.2) is 0 Å². The second-order valence-electron chi connectivity index (χ2n) is 3.80. The third-order valence-corrected chi connectivity index (χ3v) is 3.21. The molecule has 1 heterocycles. The van der Waals surface area contributed by atoms with E-state index < -0.39 is 0 Å². The van der Waals surface area contributed by atoms with Gasteiger partial charge in [-0.05, 0) is 36.1 Å². The van der Waals surface area contributed by atoms with Gasteiger partial charge in [0.15, 0.2) is 5.78 Å². The lowest BCUT2D eigenvalue weighted by Crippen LogP contribution is -2.16. The van der Waals surface area contributed by atoms with E-state index in [4.69, 9.17) is 0 Å². The van der Waals surface area contributed by atoms with Crippen LogP contribution in [0.4, 0.5) is 0 Å². The van der Waals surface area contributed by atoms with E-state index in [1.54, 1.807) is 18.3 Å². The predicted octanol–water partition coefficient (Wildman–Crippen LogP) is 2.64. The van der Waals surface area contributed by atoms with E-state index in [1.807, 2.05) is 23.6 Å². The molecule has 16 heavy (non-hydrogen) atoms. The highest BCUT2D eigenvalue weighted by Crippen LogP contribution is 2.04. The molecule has 0 N–H and O–H groups in total. The lowest BCUT2D eigenvalue weighted by atomic mass is 10.1. The van der Waals surface area contributed by atoms with Crippen LogP contribution in [0, 0.1) is 0 Å². The number of carbonyl (C=O) groups excluding carboxylic acids is 1. The van der Waals surface area contributed by atoms with E-state index in [-0.39, 0.29) is 5.78 Å². The van der Waals surface area contributed by atoms with Crippen LogP contribution in [0.1, 0.15) is 33.1 Å². The Labute approximate surface area is 101 Å². The maximum absolute atomic E-state index is 11.5. The van der Waals surface area contributed by atoms with Crippen molar-refractivity contribution < 1.29 is 4.79 Å². The molecule has 1 aromatic heterocycles. The smallest absolute Gasteiger partial charge is 0.159 e. The average molecular weight is 234 g/mol. The van der Waals surface area contributed by atoms with E-state index in [2.05, 4.69) is 13.5 Å². The van der Waals surface area contributed by atoms with Crippen molar-refractivity contribution in [3.8, 4) is 0 Å². The molecular weight excluding hydrogens is 216 g/mol. The minimum absolute atomic E-state index is 0.127. The van der Waals surface area contributed by atoms with Crippen LogP contribution in [0.15, 0.2) is 23.1 Å². The quantitative estimate of drug-likeness (QED) is 0.565. The van der Waals surface area contributed by atoms with Crippen molar-refractivity contribution >= 4 is 29.8 Å². The van der Waals surface area contributed by atoms with Gasteiger partial charge in [0.2, 0.25) is 0 Å². The third-order valence-electron chi connectivity index (χ3n) is 2.42. The first-order chi connectivity index (χ1) is 7.65. The largest absolute Gasteiger partial charge is 0.295 e. The van der Waals surface area contributed by atoms with Crippen molar-refractivity contribution in [1.29, 1.82) is 0 Å². The third kappa shape index (κ3) is 3.78. The average Bonchev–Trinajstić information content (AvgIpc) is 2.63. The summed E-state index contributed by atoms with van der Waals surface area (Å²) in [4.78, 5) is 11.5. The fourth-order valence-corrected chi connectivity index (χ4v) is 2.05. The summed E-state index contributed by atoms with van der Waals surface area (Å²) in [6.45, 7) is 7.70. The molecule has 1 rings (SSSR count). The molecule has 0 bridgehead atoms. The van der Waals surface area contributed by atoms with Crippen molar-refractivity contribution in [3.05, 3.63) is 32.8 Å². The van der Waals surface area contributed by atoms with E-state index in [0.29, 0.717) is 0 Å². The summed E-state index contributed by atoms with van der Waals surface area (Å²) in [6, 6.07) is 2.00. The van der Waals surface area contributed by atoms with Crippen LogP contribution in [-0.4, -0.2) is 5.78 Å². The fourth-order valence-electron chi connectivity index (χ4n) is 1.41. The highest BCUT2D eigenvalue weighted by Gasteiger charge is 1.99. The molecule has 0 aromatic carbocycles. The van der Waals surface area contributed by atoms with Gasteiger partial charge in [-0.15, -0.1) is 11.3 Å². The summed E-state index contributed by atoms with van der Waals surface area (Å²) in [5.74, 6) is 0.127. The SMILES string of the molecule is C=c1scc/c1=C/C(=C\CCCC)C(C)=O. The zero-order valence-corrected chi connectivity index (χ0v) is 10.8. The van der Waals surface area contributed by atoms with Crippen molar-refractivity contribution in [2.24, 2.45) is 0 Å². The number of Topliss-reactive ketones (excluding diaryl/α,β-unsaturated/α-hetero) is 1. The maximum Gasteiger partial charge on any atom is 0.159 e. The summed E-state index contributed by atoms with van der Waals surface area (Å²) < 4.78 is 1.02. The van der Waals surface area contributed by atoms with Crippen LogP contribution in [0.5, 0.6) is 0 Å². The number of ketones is 1. The number of carbonyl (C=O) groups is 1. The van der Waals surface area contributed by atoms with Crippen molar-refractivity contribution in [3.63, 3.8) is 0 Å². The molecule has 0 aliphatic rings. The van der Waals surface area contributed by atoms with Crippen molar-refractivity contribution in [2.45, 2.75) is 33.1 Å².